The lowest BCUT2D eigenvalue weighted by atomic mass is 10.1. The number of ether oxygens (including phenoxy) is 1. The average molecular weight is 267 g/mol. The molecule has 0 fully saturated rings. The van der Waals surface area contributed by atoms with Crippen LogP contribution >= 0.6 is 0 Å². The van der Waals surface area contributed by atoms with E-state index in [4.69, 9.17) is 4.74 Å². The Labute approximate surface area is 118 Å². The van der Waals surface area contributed by atoms with Crippen molar-refractivity contribution in [1.82, 2.24) is 4.90 Å². The lowest BCUT2D eigenvalue weighted by Gasteiger charge is -2.19. The summed E-state index contributed by atoms with van der Waals surface area (Å²) >= 11 is 0. The van der Waals surface area contributed by atoms with E-state index in [-0.39, 0.29) is 5.91 Å². The summed E-state index contributed by atoms with van der Waals surface area (Å²) in [6.07, 6.45) is 0.870. The standard InChI is InChI=1S/C17H17NO2/c19-17-15-8-4-5-9-16(15)20-13-12-18(17)11-10-14-6-2-1-3-7-14/h1-9H,10-13H2. The fraction of sp³-hybridized carbons (Fsp3) is 0.235. The summed E-state index contributed by atoms with van der Waals surface area (Å²) in [6, 6.07) is 17.7. The van der Waals surface area contributed by atoms with Gasteiger partial charge in [0.1, 0.15) is 12.4 Å². The van der Waals surface area contributed by atoms with Crippen LogP contribution in [0.1, 0.15) is 15.9 Å². The van der Waals surface area contributed by atoms with Crippen molar-refractivity contribution in [2.45, 2.75) is 6.42 Å². The third-order valence-electron chi connectivity index (χ3n) is 3.54. The Kier molecular flexibility index (Phi) is 3.68. The number of para-hydroxylation sites is 1. The molecule has 0 atom stereocenters. The first-order valence-corrected chi connectivity index (χ1v) is 6.89. The summed E-state index contributed by atoms with van der Waals surface area (Å²) in [5.74, 6) is 0.758. The van der Waals surface area contributed by atoms with Crippen LogP contribution in [0.3, 0.4) is 0 Å². The second-order valence-electron chi connectivity index (χ2n) is 4.87. The third-order valence-corrected chi connectivity index (χ3v) is 3.54. The first kappa shape index (κ1) is 12.7. The summed E-state index contributed by atoms with van der Waals surface area (Å²) in [5, 5.41) is 0. The number of amides is 1. The van der Waals surface area contributed by atoms with Crippen LogP contribution in [0.5, 0.6) is 5.75 Å². The molecule has 0 N–H and O–H groups in total. The number of benzene rings is 2. The topological polar surface area (TPSA) is 29.5 Å². The van der Waals surface area contributed by atoms with E-state index in [2.05, 4.69) is 12.1 Å². The molecule has 0 aromatic heterocycles. The van der Waals surface area contributed by atoms with Crippen LogP contribution in [0.15, 0.2) is 54.6 Å². The van der Waals surface area contributed by atoms with E-state index in [0.29, 0.717) is 24.5 Å². The van der Waals surface area contributed by atoms with Gasteiger partial charge in [-0.2, -0.15) is 0 Å². The highest BCUT2D eigenvalue weighted by atomic mass is 16.5. The van der Waals surface area contributed by atoms with E-state index in [1.54, 1.807) is 0 Å². The predicted octanol–water partition coefficient (Wildman–Crippen LogP) is 2.76. The van der Waals surface area contributed by atoms with Crippen LogP contribution in [0.2, 0.25) is 0 Å². The molecule has 0 spiro atoms. The molecule has 3 nitrogen and oxygen atoms in total. The second kappa shape index (κ2) is 5.78. The minimum atomic E-state index is 0.0639. The van der Waals surface area contributed by atoms with Gasteiger partial charge in [-0.3, -0.25) is 4.79 Å². The lowest BCUT2D eigenvalue weighted by molar-refractivity contribution is 0.0757. The van der Waals surface area contributed by atoms with Crippen LogP contribution in [-0.2, 0) is 6.42 Å². The summed E-state index contributed by atoms with van der Waals surface area (Å²) < 4.78 is 5.64. The molecule has 3 rings (SSSR count). The highest BCUT2D eigenvalue weighted by molar-refractivity contribution is 5.97. The smallest absolute Gasteiger partial charge is 0.257 e. The van der Waals surface area contributed by atoms with Gasteiger partial charge in [-0.15, -0.1) is 0 Å². The molecule has 0 bridgehead atoms. The molecule has 1 heterocycles. The Morgan fingerprint density at radius 1 is 1.00 bits per heavy atom. The lowest BCUT2D eigenvalue weighted by Crippen LogP contribution is -2.34. The largest absolute Gasteiger partial charge is 0.491 e. The zero-order chi connectivity index (χ0) is 13.8. The first-order valence-electron chi connectivity index (χ1n) is 6.89. The Morgan fingerprint density at radius 2 is 1.75 bits per heavy atom. The molecule has 102 valence electrons. The summed E-state index contributed by atoms with van der Waals surface area (Å²) in [7, 11) is 0. The number of carbonyl (C=O) groups excluding carboxylic acids is 1. The van der Waals surface area contributed by atoms with Crippen molar-refractivity contribution in [3.05, 3.63) is 65.7 Å². The molecular formula is C17H17NO2. The maximum atomic E-state index is 12.5. The van der Waals surface area contributed by atoms with E-state index < -0.39 is 0 Å². The number of hydrogen-bond donors (Lipinski definition) is 0. The molecule has 2 aromatic rings. The molecule has 0 unspecified atom stereocenters. The van der Waals surface area contributed by atoms with Gasteiger partial charge in [-0.1, -0.05) is 42.5 Å². The Balaban J connectivity index is 1.73. The van der Waals surface area contributed by atoms with Crippen LogP contribution in [0, 0.1) is 0 Å². The zero-order valence-corrected chi connectivity index (χ0v) is 11.3. The molecule has 3 heteroatoms. The Bertz CT molecular complexity index is 595. The second-order valence-corrected chi connectivity index (χ2v) is 4.87. The SMILES string of the molecule is O=C1c2ccccc2OCCN1CCc1ccccc1. The number of nitrogens with zero attached hydrogens (tertiary/aromatic N) is 1. The van der Waals surface area contributed by atoms with E-state index >= 15 is 0 Å². The number of hydrogen-bond acceptors (Lipinski definition) is 2. The predicted molar refractivity (Wildman–Crippen MR) is 78.0 cm³/mol. The zero-order valence-electron chi connectivity index (χ0n) is 11.3. The molecule has 0 radical (unpaired) electrons. The van der Waals surface area contributed by atoms with Gasteiger partial charge < -0.3 is 9.64 Å². The van der Waals surface area contributed by atoms with Gasteiger partial charge >= 0.3 is 0 Å². The van der Waals surface area contributed by atoms with E-state index in [1.807, 2.05) is 47.4 Å². The molecule has 1 aliphatic rings. The van der Waals surface area contributed by atoms with Crippen LogP contribution < -0.4 is 4.74 Å². The third kappa shape index (κ3) is 2.67. The fourth-order valence-electron chi connectivity index (χ4n) is 2.43. The van der Waals surface area contributed by atoms with E-state index in [1.165, 1.54) is 5.56 Å². The van der Waals surface area contributed by atoms with Gasteiger partial charge in [0.2, 0.25) is 0 Å². The van der Waals surface area contributed by atoms with Gasteiger partial charge in [0, 0.05) is 6.54 Å². The summed E-state index contributed by atoms with van der Waals surface area (Å²) in [5.41, 5.74) is 1.91. The van der Waals surface area contributed by atoms with Gasteiger partial charge in [-0.05, 0) is 24.1 Å². The Morgan fingerprint density at radius 3 is 2.60 bits per heavy atom. The van der Waals surface area contributed by atoms with Gasteiger partial charge in [0.05, 0.1) is 12.1 Å². The monoisotopic (exact) mass is 267 g/mol. The van der Waals surface area contributed by atoms with Gasteiger partial charge in [-0.25, -0.2) is 0 Å². The maximum absolute atomic E-state index is 12.5. The summed E-state index contributed by atoms with van der Waals surface area (Å²) in [6.45, 7) is 1.92. The number of carbonyl (C=O) groups is 1. The van der Waals surface area contributed by atoms with E-state index in [0.717, 1.165) is 13.0 Å². The minimum absolute atomic E-state index is 0.0639. The Hall–Kier alpha value is -2.29. The number of rotatable bonds is 3. The molecule has 0 saturated heterocycles. The highest BCUT2D eigenvalue weighted by Crippen LogP contribution is 2.22. The first-order chi connectivity index (χ1) is 9.84. The molecule has 0 saturated carbocycles. The molecule has 0 aliphatic carbocycles. The number of fused-ring (bicyclic) bond motifs is 1. The van der Waals surface area contributed by atoms with Crippen molar-refractivity contribution in [1.29, 1.82) is 0 Å². The van der Waals surface area contributed by atoms with Crippen LogP contribution in [0.4, 0.5) is 0 Å². The molecule has 1 aliphatic heterocycles. The van der Waals surface area contributed by atoms with Crippen molar-refractivity contribution in [3.8, 4) is 5.75 Å². The van der Waals surface area contributed by atoms with Gasteiger partial charge in [0.25, 0.3) is 5.91 Å². The highest BCUT2D eigenvalue weighted by Gasteiger charge is 2.22. The molecule has 2 aromatic carbocycles. The van der Waals surface area contributed by atoms with Crippen molar-refractivity contribution >= 4 is 5.91 Å². The maximum Gasteiger partial charge on any atom is 0.257 e. The molecule has 1 amide bonds. The molecule has 20 heavy (non-hydrogen) atoms. The van der Waals surface area contributed by atoms with Gasteiger partial charge in [0.15, 0.2) is 0 Å². The normalized spacial score (nSPS) is 14.4. The quantitative estimate of drug-likeness (QED) is 0.855. The van der Waals surface area contributed by atoms with Crippen molar-refractivity contribution < 1.29 is 9.53 Å². The van der Waals surface area contributed by atoms with E-state index in [9.17, 15) is 4.79 Å². The van der Waals surface area contributed by atoms with Crippen molar-refractivity contribution in [2.24, 2.45) is 0 Å². The van der Waals surface area contributed by atoms with Crippen molar-refractivity contribution in [3.63, 3.8) is 0 Å². The van der Waals surface area contributed by atoms with Crippen molar-refractivity contribution in [2.75, 3.05) is 19.7 Å². The fourth-order valence-corrected chi connectivity index (χ4v) is 2.43. The molecular weight excluding hydrogens is 250 g/mol. The average Bonchev–Trinajstić information content (AvgIpc) is 2.66. The van der Waals surface area contributed by atoms with Crippen LogP contribution in [-0.4, -0.2) is 30.5 Å². The minimum Gasteiger partial charge on any atom is -0.491 e. The summed E-state index contributed by atoms with van der Waals surface area (Å²) in [4.78, 5) is 14.4. The van der Waals surface area contributed by atoms with Crippen LogP contribution in [0.25, 0.3) is 0 Å².